The number of carbonyl (C=O) groups excluding carboxylic acids is 2. The van der Waals surface area contributed by atoms with Crippen LogP contribution in [0, 0.1) is 17.8 Å². The van der Waals surface area contributed by atoms with E-state index in [1.165, 1.54) is 0 Å². The van der Waals surface area contributed by atoms with E-state index in [9.17, 15) is 46.1 Å². The zero-order chi connectivity index (χ0) is 31.4. The normalized spacial score (nSPS) is 24.6. The highest BCUT2D eigenvalue weighted by atomic mass is 79.9. The molecule has 1 aliphatic carbocycles. The maximum atomic E-state index is 13.6. The number of anilines is 1. The number of hydrogen-bond donors (Lipinski definition) is 2. The number of fused-ring (bicyclic) bond motifs is 3. The highest BCUT2D eigenvalue weighted by Gasteiger charge is 2.57. The van der Waals surface area contributed by atoms with Crippen molar-refractivity contribution in [1.82, 2.24) is 0 Å². The Balaban J connectivity index is 1.41. The van der Waals surface area contributed by atoms with Gasteiger partial charge in [0.2, 0.25) is 11.8 Å². The van der Waals surface area contributed by atoms with Gasteiger partial charge in [0.1, 0.15) is 5.75 Å². The summed E-state index contributed by atoms with van der Waals surface area (Å²) in [5, 5.41) is 20.3. The highest BCUT2D eigenvalue weighted by Crippen LogP contribution is 2.51. The molecule has 0 radical (unpaired) electrons. The molecular formula is C30H26BrF6NO5. The number of allylic oxidation sites excluding steroid dienone is 1. The minimum atomic E-state index is -5.15. The van der Waals surface area contributed by atoms with Crippen molar-refractivity contribution < 1.29 is 50.9 Å². The molecule has 0 bridgehead atoms. The summed E-state index contributed by atoms with van der Waals surface area (Å²) in [6.45, 7) is 1.42. The van der Waals surface area contributed by atoms with E-state index in [0.717, 1.165) is 10.0 Å². The second kappa shape index (κ2) is 11.4. The van der Waals surface area contributed by atoms with Crippen LogP contribution in [0.3, 0.4) is 0 Å². The Morgan fingerprint density at radius 1 is 1.02 bits per heavy atom. The Hall–Kier alpha value is -3.16. The van der Waals surface area contributed by atoms with Gasteiger partial charge in [0.15, 0.2) is 0 Å². The van der Waals surface area contributed by atoms with Crippen LogP contribution in [-0.2, 0) is 26.7 Å². The average Bonchev–Trinajstić information content (AvgIpc) is 3.46. The number of ether oxygens (including phenoxy) is 1. The van der Waals surface area contributed by atoms with Gasteiger partial charge in [-0.3, -0.25) is 9.59 Å². The van der Waals surface area contributed by atoms with Crippen molar-refractivity contribution in [3.05, 3.63) is 74.3 Å². The fourth-order valence-corrected chi connectivity index (χ4v) is 6.66. The van der Waals surface area contributed by atoms with Gasteiger partial charge in [-0.15, -0.1) is 0 Å². The van der Waals surface area contributed by atoms with Crippen molar-refractivity contribution in [2.75, 3.05) is 18.1 Å². The summed E-state index contributed by atoms with van der Waals surface area (Å²) in [6, 6.07) is 5.69. The van der Waals surface area contributed by atoms with Gasteiger partial charge in [-0.2, -0.15) is 26.3 Å². The number of alkyl halides is 6. The van der Waals surface area contributed by atoms with Crippen LogP contribution in [-0.4, -0.2) is 41.3 Å². The summed E-state index contributed by atoms with van der Waals surface area (Å²) in [5.41, 5.74) is -1.44. The first-order valence-electron chi connectivity index (χ1n) is 13.4. The topological polar surface area (TPSA) is 87.1 Å². The van der Waals surface area contributed by atoms with Gasteiger partial charge < -0.3 is 14.9 Å². The number of rotatable bonds is 6. The number of phenols is 1. The molecule has 5 rings (SSSR count). The number of carbonyl (C=O) groups is 2. The summed E-state index contributed by atoms with van der Waals surface area (Å²) in [6.07, 6.45) is -8.12. The quantitative estimate of drug-likeness (QED) is 0.198. The predicted octanol–water partition coefficient (Wildman–Crippen LogP) is 6.89. The molecule has 2 N–H and O–H groups in total. The molecule has 230 valence electrons. The Bertz CT molecular complexity index is 1500. The number of phenolic OH excluding ortho intramolecular Hbond substituents is 1. The monoisotopic (exact) mass is 673 g/mol. The van der Waals surface area contributed by atoms with E-state index < -0.39 is 71.4 Å². The Morgan fingerprint density at radius 3 is 2.28 bits per heavy atom. The Kier molecular flexibility index (Phi) is 8.29. The van der Waals surface area contributed by atoms with E-state index in [1.54, 1.807) is 18.2 Å². The van der Waals surface area contributed by atoms with Gasteiger partial charge in [-0.1, -0.05) is 27.6 Å². The molecule has 0 aromatic heterocycles. The molecular weight excluding hydrogens is 648 g/mol. The van der Waals surface area contributed by atoms with Crippen LogP contribution in [0.25, 0.3) is 6.08 Å². The summed E-state index contributed by atoms with van der Waals surface area (Å²) < 4.78 is 87.7. The molecule has 2 amide bonds. The number of hydrogen-bond acceptors (Lipinski definition) is 5. The number of halogens is 7. The molecule has 43 heavy (non-hydrogen) atoms. The molecule has 2 saturated heterocycles. The van der Waals surface area contributed by atoms with E-state index in [0.29, 0.717) is 46.6 Å². The van der Waals surface area contributed by atoms with E-state index in [1.807, 2.05) is 13.0 Å². The molecule has 2 aromatic carbocycles. The SMILES string of the molecule is C/C(=C\c1cc(Br)ccc1O)CC[C@H]1OC[C@H]2C1=C(CO)C[C@H]1C(=O)N(c3cc(C(F)(F)F)cc(C(F)(F)F)c3)C(=O)[C@H]12. The molecule has 0 saturated carbocycles. The molecule has 2 aromatic rings. The molecule has 2 fully saturated rings. The van der Waals surface area contributed by atoms with Crippen molar-refractivity contribution in [2.45, 2.75) is 44.6 Å². The lowest BCUT2D eigenvalue weighted by Gasteiger charge is -2.31. The third kappa shape index (κ3) is 5.99. The summed E-state index contributed by atoms with van der Waals surface area (Å²) >= 11 is 3.36. The van der Waals surface area contributed by atoms with E-state index in [2.05, 4.69) is 15.9 Å². The van der Waals surface area contributed by atoms with E-state index in [-0.39, 0.29) is 24.8 Å². The van der Waals surface area contributed by atoms with Crippen LogP contribution >= 0.6 is 15.9 Å². The second-order valence-electron chi connectivity index (χ2n) is 11.0. The Morgan fingerprint density at radius 2 is 1.67 bits per heavy atom. The van der Waals surface area contributed by atoms with Crippen molar-refractivity contribution in [2.24, 2.45) is 17.8 Å². The molecule has 4 atom stereocenters. The minimum Gasteiger partial charge on any atom is -0.507 e. The molecule has 2 heterocycles. The zero-order valence-corrected chi connectivity index (χ0v) is 24.2. The maximum Gasteiger partial charge on any atom is 0.416 e. The van der Waals surface area contributed by atoms with Crippen molar-refractivity contribution in [1.29, 1.82) is 0 Å². The van der Waals surface area contributed by atoms with Crippen molar-refractivity contribution >= 4 is 39.5 Å². The van der Waals surface area contributed by atoms with Gasteiger partial charge in [-0.05, 0) is 73.7 Å². The van der Waals surface area contributed by atoms with Gasteiger partial charge in [0.05, 0.1) is 48.0 Å². The first-order valence-corrected chi connectivity index (χ1v) is 14.2. The first-order chi connectivity index (χ1) is 20.1. The van der Waals surface area contributed by atoms with Crippen LogP contribution in [0.1, 0.15) is 42.9 Å². The smallest absolute Gasteiger partial charge is 0.416 e. The summed E-state index contributed by atoms with van der Waals surface area (Å²) in [4.78, 5) is 27.4. The second-order valence-corrected chi connectivity index (χ2v) is 11.9. The van der Waals surface area contributed by atoms with Gasteiger partial charge in [0, 0.05) is 16.0 Å². The number of aromatic hydroxyl groups is 1. The average molecular weight is 674 g/mol. The summed E-state index contributed by atoms with van der Waals surface area (Å²) in [7, 11) is 0. The number of imide groups is 1. The maximum absolute atomic E-state index is 13.6. The first kappa shape index (κ1) is 31.3. The largest absolute Gasteiger partial charge is 0.507 e. The lowest BCUT2D eigenvalue weighted by molar-refractivity contribution is -0.143. The highest BCUT2D eigenvalue weighted by molar-refractivity contribution is 9.10. The molecule has 0 spiro atoms. The fourth-order valence-electron chi connectivity index (χ4n) is 6.28. The minimum absolute atomic E-state index is 0.00308. The lowest BCUT2D eigenvalue weighted by Crippen LogP contribution is -2.35. The number of amides is 2. The lowest BCUT2D eigenvalue weighted by atomic mass is 9.69. The van der Waals surface area contributed by atoms with Crippen LogP contribution in [0.4, 0.5) is 32.0 Å². The van der Waals surface area contributed by atoms with E-state index in [4.69, 9.17) is 4.74 Å². The van der Waals surface area contributed by atoms with Crippen LogP contribution in [0.5, 0.6) is 5.75 Å². The molecule has 13 heteroatoms. The summed E-state index contributed by atoms with van der Waals surface area (Å²) in [5.74, 6) is -4.49. The van der Waals surface area contributed by atoms with Crippen LogP contribution in [0.15, 0.2) is 57.6 Å². The van der Waals surface area contributed by atoms with Gasteiger partial charge in [-0.25, -0.2) is 4.90 Å². The zero-order valence-electron chi connectivity index (χ0n) is 22.6. The fraction of sp³-hybridized carbons (Fsp3) is 0.400. The third-order valence-corrected chi connectivity index (χ3v) is 8.72. The van der Waals surface area contributed by atoms with Gasteiger partial charge >= 0.3 is 12.4 Å². The third-order valence-electron chi connectivity index (χ3n) is 8.22. The molecule has 0 unspecified atom stereocenters. The molecule has 2 aliphatic heterocycles. The standard InChI is InChI=1S/C30H26BrF6NO5/c1-14(6-15-7-19(31)3-4-23(15)40)2-5-24-25-16(12-39)8-21-26(22(25)13-43-24)28(42)38(27(21)41)20-10-17(29(32,33)34)9-18(11-20)30(35,36)37/h3-4,6-7,9-11,21-22,24,26,39-40H,2,5,8,12-13H2,1H3/b14-6+/t21-,22+,24-,26-/m1/s1. The Labute approximate surface area is 250 Å². The number of aliphatic hydroxyl groups is 1. The molecule has 3 aliphatic rings. The van der Waals surface area contributed by atoms with Crippen molar-refractivity contribution in [3.63, 3.8) is 0 Å². The predicted molar refractivity (Wildman–Crippen MR) is 147 cm³/mol. The van der Waals surface area contributed by atoms with Crippen molar-refractivity contribution in [3.8, 4) is 5.75 Å². The molecule has 6 nitrogen and oxygen atoms in total. The van der Waals surface area contributed by atoms with Crippen LogP contribution in [0.2, 0.25) is 0 Å². The number of aliphatic hydroxyl groups excluding tert-OH is 1. The number of nitrogens with zero attached hydrogens (tertiary/aromatic N) is 1. The van der Waals surface area contributed by atoms with Crippen LogP contribution < -0.4 is 4.90 Å². The van der Waals surface area contributed by atoms with E-state index >= 15 is 0 Å². The van der Waals surface area contributed by atoms with Gasteiger partial charge in [0.25, 0.3) is 0 Å². The number of benzene rings is 2.